The molecule has 0 unspecified atom stereocenters. The van der Waals surface area contributed by atoms with E-state index in [-0.39, 0.29) is 23.8 Å². The first-order valence-electron chi connectivity index (χ1n) is 11.9. The molecule has 1 aromatic carbocycles. The number of likely N-dealkylation sites (tertiary alicyclic amines) is 1. The number of nitrogens with zero attached hydrogens (tertiary/aromatic N) is 1. The molecule has 1 aromatic rings. The van der Waals surface area contributed by atoms with E-state index in [1.165, 1.54) is 0 Å². The van der Waals surface area contributed by atoms with Crippen LogP contribution in [0, 0.1) is 5.41 Å². The highest BCUT2D eigenvalue weighted by Crippen LogP contribution is 2.37. The van der Waals surface area contributed by atoms with Gasteiger partial charge in [-0.2, -0.15) is 0 Å². The Bertz CT molecular complexity index is 775. The summed E-state index contributed by atoms with van der Waals surface area (Å²) in [6.45, 7) is 5.87. The lowest BCUT2D eigenvalue weighted by Crippen LogP contribution is -2.55. The van der Waals surface area contributed by atoms with E-state index < -0.39 is 11.5 Å². The summed E-state index contributed by atoms with van der Waals surface area (Å²) in [5, 5.41) is 5.84. The van der Waals surface area contributed by atoms with Gasteiger partial charge in [0.2, 0.25) is 17.7 Å². The van der Waals surface area contributed by atoms with E-state index >= 15 is 0 Å². The zero-order valence-corrected chi connectivity index (χ0v) is 19.4. The third kappa shape index (κ3) is 6.55. The van der Waals surface area contributed by atoms with Gasteiger partial charge in [0.15, 0.2) is 0 Å². The highest BCUT2D eigenvalue weighted by Gasteiger charge is 2.42. The highest BCUT2D eigenvalue weighted by molar-refractivity contribution is 5.90. The van der Waals surface area contributed by atoms with Crippen molar-refractivity contribution < 1.29 is 19.1 Å². The molecule has 0 aliphatic carbocycles. The number of aryl methyl sites for hydroxylation is 1. The number of rotatable bonds is 3. The van der Waals surface area contributed by atoms with Gasteiger partial charge in [0.25, 0.3) is 0 Å². The molecule has 32 heavy (non-hydrogen) atoms. The first-order chi connectivity index (χ1) is 15.4. The van der Waals surface area contributed by atoms with E-state index in [1.54, 1.807) is 6.92 Å². The zero-order chi connectivity index (χ0) is 23.0. The molecule has 0 bridgehead atoms. The van der Waals surface area contributed by atoms with E-state index in [4.69, 9.17) is 4.74 Å². The summed E-state index contributed by atoms with van der Waals surface area (Å²) in [7, 11) is 0. The fourth-order valence-corrected chi connectivity index (χ4v) is 4.58. The number of ether oxygens (including phenoxy) is 1. The van der Waals surface area contributed by atoms with Crippen LogP contribution in [-0.2, 0) is 25.5 Å². The Kier molecular flexibility index (Phi) is 8.67. The van der Waals surface area contributed by atoms with Crippen LogP contribution in [0.1, 0.15) is 57.9 Å². The van der Waals surface area contributed by atoms with Crippen LogP contribution < -0.4 is 10.6 Å². The summed E-state index contributed by atoms with van der Waals surface area (Å²) in [6, 6.07) is 9.33. The third-order valence-electron chi connectivity index (χ3n) is 6.72. The van der Waals surface area contributed by atoms with E-state index in [1.807, 2.05) is 42.2 Å². The Morgan fingerprint density at radius 2 is 1.78 bits per heavy atom. The molecule has 2 saturated heterocycles. The first kappa shape index (κ1) is 24.2. The number of carbonyl (C=O) groups is 3. The number of hydrogen-bond acceptors (Lipinski definition) is 4. The van der Waals surface area contributed by atoms with Gasteiger partial charge in [0.1, 0.15) is 6.04 Å². The van der Waals surface area contributed by atoms with Crippen molar-refractivity contribution in [1.29, 1.82) is 0 Å². The molecule has 2 atom stereocenters. The van der Waals surface area contributed by atoms with Crippen LogP contribution in [0.5, 0.6) is 0 Å². The average molecular weight is 444 g/mol. The van der Waals surface area contributed by atoms with Crippen LogP contribution >= 0.6 is 0 Å². The second-order valence-corrected chi connectivity index (χ2v) is 9.28. The molecular weight excluding hydrogens is 406 g/mol. The minimum Gasteiger partial charge on any atom is -0.379 e. The van der Waals surface area contributed by atoms with Crippen molar-refractivity contribution >= 4 is 17.7 Å². The minimum absolute atomic E-state index is 0.0654. The second-order valence-electron chi connectivity index (χ2n) is 9.28. The summed E-state index contributed by atoms with van der Waals surface area (Å²) >= 11 is 0. The number of piperidine rings is 1. The van der Waals surface area contributed by atoms with Gasteiger partial charge in [0.05, 0.1) is 12.0 Å². The third-order valence-corrected chi connectivity index (χ3v) is 6.72. The fraction of sp³-hybridized carbons (Fsp3) is 0.640. The van der Waals surface area contributed by atoms with Gasteiger partial charge < -0.3 is 20.3 Å². The summed E-state index contributed by atoms with van der Waals surface area (Å²) in [5.41, 5.74) is 0.623. The smallest absolute Gasteiger partial charge is 0.242 e. The van der Waals surface area contributed by atoms with Crippen LogP contribution in [0.3, 0.4) is 0 Å². The average Bonchev–Trinajstić information content (AvgIpc) is 2.80. The van der Waals surface area contributed by atoms with Crippen molar-refractivity contribution in [2.24, 2.45) is 5.41 Å². The standard InChI is InChI=1S/C25H37N3O4/c1-19-18-32-17-7-6-12-25(24(31)27-20(2)23(30)26-19)13-15-28(16-14-25)22(29)11-10-21-8-4-3-5-9-21/h3-5,8-9,19-20H,6-7,10-18H2,1-2H3,(H,26,30)(H,27,31)/t19-,20-/m0/s1. The lowest BCUT2D eigenvalue weighted by Gasteiger charge is -2.41. The van der Waals surface area contributed by atoms with Crippen LogP contribution in [0.2, 0.25) is 0 Å². The van der Waals surface area contributed by atoms with Crippen molar-refractivity contribution in [3.63, 3.8) is 0 Å². The summed E-state index contributed by atoms with van der Waals surface area (Å²) in [4.78, 5) is 40.4. The highest BCUT2D eigenvalue weighted by atomic mass is 16.5. The number of nitrogens with one attached hydrogen (secondary N) is 2. The topological polar surface area (TPSA) is 87.7 Å². The van der Waals surface area contributed by atoms with Gasteiger partial charge >= 0.3 is 0 Å². The van der Waals surface area contributed by atoms with Crippen LogP contribution in [-0.4, -0.2) is 61.0 Å². The number of carbonyl (C=O) groups excluding carboxylic acids is 3. The van der Waals surface area contributed by atoms with Gasteiger partial charge in [0, 0.05) is 32.2 Å². The van der Waals surface area contributed by atoms with E-state index in [0.717, 1.165) is 31.2 Å². The van der Waals surface area contributed by atoms with Crippen LogP contribution in [0.15, 0.2) is 30.3 Å². The Morgan fingerprint density at radius 1 is 1.06 bits per heavy atom. The summed E-state index contributed by atoms with van der Waals surface area (Å²) < 4.78 is 5.68. The predicted octanol–water partition coefficient (Wildman–Crippen LogP) is 2.44. The van der Waals surface area contributed by atoms with Crippen molar-refractivity contribution in [3.05, 3.63) is 35.9 Å². The Morgan fingerprint density at radius 3 is 2.50 bits per heavy atom. The fourth-order valence-electron chi connectivity index (χ4n) is 4.58. The molecule has 2 heterocycles. The Labute approximate surface area is 191 Å². The van der Waals surface area contributed by atoms with Crippen molar-refractivity contribution in [2.75, 3.05) is 26.3 Å². The molecule has 176 valence electrons. The van der Waals surface area contributed by atoms with E-state index in [0.29, 0.717) is 45.6 Å². The molecule has 0 aromatic heterocycles. The molecule has 0 radical (unpaired) electrons. The van der Waals surface area contributed by atoms with E-state index in [2.05, 4.69) is 10.6 Å². The van der Waals surface area contributed by atoms with Crippen LogP contribution in [0.4, 0.5) is 0 Å². The monoisotopic (exact) mass is 443 g/mol. The van der Waals surface area contributed by atoms with Crippen molar-refractivity contribution in [2.45, 2.75) is 70.9 Å². The lowest BCUT2D eigenvalue weighted by molar-refractivity contribution is -0.142. The maximum atomic E-state index is 13.3. The molecule has 1 spiro atoms. The molecule has 2 N–H and O–H groups in total. The van der Waals surface area contributed by atoms with Gasteiger partial charge in [-0.3, -0.25) is 14.4 Å². The molecule has 3 amide bonds. The maximum Gasteiger partial charge on any atom is 0.242 e. The number of amides is 3. The lowest BCUT2D eigenvalue weighted by atomic mass is 9.73. The minimum atomic E-state index is -0.604. The number of hydrogen-bond donors (Lipinski definition) is 2. The maximum absolute atomic E-state index is 13.3. The SMILES string of the molecule is C[C@@H]1NC(=O)C2(CCCCOC[C@H](C)NC1=O)CCN(C(=O)CCc1ccccc1)CC2. The summed E-state index contributed by atoms with van der Waals surface area (Å²) in [5.74, 6) is -0.120. The molecule has 7 heteroatoms. The number of benzene rings is 1. The van der Waals surface area contributed by atoms with Crippen molar-refractivity contribution in [1.82, 2.24) is 15.5 Å². The van der Waals surface area contributed by atoms with Gasteiger partial charge in [-0.25, -0.2) is 0 Å². The molecule has 2 fully saturated rings. The zero-order valence-electron chi connectivity index (χ0n) is 19.4. The summed E-state index contributed by atoms with van der Waals surface area (Å²) in [6.07, 6.45) is 4.98. The molecule has 2 aliphatic rings. The van der Waals surface area contributed by atoms with E-state index in [9.17, 15) is 14.4 Å². The van der Waals surface area contributed by atoms with Gasteiger partial charge in [-0.15, -0.1) is 0 Å². The molecule has 2 aliphatic heterocycles. The van der Waals surface area contributed by atoms with Crippen LogP contribution in [0.25, 0.3) is 0 Å². The molecule has 7 nitrogen and oxygen atoms in total. The Hall–Kier alpha value is -2.41. The largest absolute Gasteiger partial charge is 0.379 e. The molecular formula is C25H37N3O4. The molecule has 0 saturated carbocycles. The van der Waals surface area contributed by atoms with Crippen molar-refractivity contribution in [3.8, 4) is 0 Å². The van der Waals surface area contributed by atoms with Gasteiger partial charge in [-0.1, -0.05) is 36.8 Å². The Balaban J connectivity index is 1.60. The quantitative estimate of drug-likeness (QED) is 0.751. The molecule has 3 rings (SSSR count). The van der Waals surface area contributed by atoms with Gasteiger partial charge in [-0.05, 0) is 51.5 Å². The normalized spacial score (nSPS) is 25.1. The second kappa shape index (κ2) is 11.5. The first-order valence-corrected chi connectivity index (χ1v) is 11.9. The predicted molar refractivity (Wildman–Crippen MR) is 123 cm³/mol.